The third-order valence-corrected chi connectivity index (χ3v) is 6.58. The summed E-state index contributed by atoms with van der Waals surface area (Å²) in [7, 11) is 0. The zero-order chi connectivity index (χ0) is 24.5. The van der Waals surface area contributed by atoms with Gasteiger partial charge in [0.1, 0.15) is 12.4 Å². The normalized spacial score (nSPS) is 14.4. The van der Waals surface area contributed by atoms with Crippen molar-refractivity contribution in [2.24, 2.45) is 5.41 Å². The highest BCUT2D eigenvalue weighted by Gasteiger charge is 2.35. The van der Waals surface area contributed by atoms with Crippen LogP contribution < -0.4 is 5.32 Å². The number of hydrogen-bond donors (Lipinski definition) is 1. The fourth-order valence-corrected chi connectivity index (χ4v) is 4.56. The lowest BCUT2D eigenvalue weighted by molar-refractivity contribution is -0.147. The third-order valence-electron chi connectivity index (χ3n) is 5.58. The number of esters is 1. The van der Waals surface area contributed by atoms with Crippen LogP contribution in [0, 0.1) is 5.41 Å². The van der Waals surface area contributed by atoms with Gasteiger partial charge in [0.2, 0.25) is 0 Å². The van der Waals surface area contributed by atoms with E-state index < -0.39 is 18.5 Å². The number of ether oxygens (including phenoxy) is 1. The number of halogens is 2. The first-order chi connectivity index (χ1) is 16.1. The average molecular weight is 589 g/mol. The van der Waals surface area contributed by atoms with E-state index in [1.54, 1.807) is 18.3 Å². The van der Waals surface area contributed by atoms with Crippen molar-refractivity contribution in [2.75, 3.05) is 11.9 Å². The first kappa shape index (κ1) is 24.3. The van der Waals surface area contributed by atoms with Crippen LogP contribution in [0.2, 0.25) is 0 Å². The van der Waals surface area contributed by atoms with Gasteiger partial charge in [-0.25, -0.2) is 4.98 Å². The van der Waals surface area contributed by atoms with E-state index in [9.17, 15) is 14.4 Å². The molecule has 1 aliphatic rings. The van der Waals surface area contributed by atoms with Crippen LogP contribution in [0.15, 0.2) is 57.6 Å². The van der Waals surface area contributed by atoms with Gasteiger partial charge in [-0.05, 0) is 63.7 Å². The van der Waals surface area contributed by atoms with Crippen molar-refractivity contribution in [1.29, 1.82) is 0 Å². The monoisotopic (exact) mass is 587 g/mol. The van der Waals surface area contributed by atoms with E-state index in [0.29, 0.717) is 24.2 Å². The number of nitrogens with one attached hydrogen (secondary N) is 1. The second-order valence-electron chi connectivity index (χ2n) is 8.99. The number of hydrogen-bond acceptors (Lipinski definition) is 5. The lowest BCUT2D eigenvalue weighted by Crippen LogP contribution is -2.29. The molecular weight excluding hydrogens is 566 g/mol. The van der Waals surface area contributed by atoms with Gasteiger partial charge in [0.25, 0.3) is 5.91 Å². The van der Waals surface area contributed by atoms with E-state index in [1.807, 2.05) is 48.7 Å². The van der Waals surface area contributed by atoms with Gasteiger partial charge in [0.15, 0.2) is 12.4 Å². The quantitative estimate of drug-likeness (QED) is 0.389. The molecule has 0 radical (unpaired) electrons. The molecule has 0 saturated heterocycles. The van der Waals surface area contributed by atoms with Gasteiger partial charge in [0, 0.05) is 38.5 Å². The molecule has 0 spiro atoms. The maximum Gasteiger partial charge on any atom is 0.326 e. The molecule has 0 atom stereocenters. The molecule has 176 valence electrons. The van der Waals surface area contributed by atoms with Crippen molar-refractivity contribution in [3.63, 3.8) is 0 Å². The van der Waals surface area contributed by atoms with E-state index in [2.05, 4.69) is 42.2 Å². The number of rotatable bonds is 6. The minimum absolute atomic E-state index is 0.0677. The molecular formula is C25H23Br2N3O4. The summed E-state index contributed by atoms with van der Waals surface area (Å²) < 4.78 is 8.81. The van der Waals surface area contributed by atoms with Crippen LogP contribution in [0.4, 0.5) is 5.82 Å². The number of anilines is 1. The first-order valence-electron chi connectivity index (χ1n) is 10.7. The summed E-state index contributed by atoms with van der Waals surface area (Å²) in [6.07, 6.45) is 2.68. The number of benzene rings is 1. The molecule has 1 aromatic carbocycles. The SMILES string of the molecule is CC1(C)CC(=O)c2cc(-c3ccc(Br)cc3)n(CC(=O)OCC(=O)Nc3ccc(Br)cn3)c2C1. The van der Waals surface area contributed by atoms with Crippen LogP contribution >= 0.6 is 31.9 Å². The molecule has 0 saturated carbocycles. The molecule has 9 heteroatoms. The fourth-order valence-electron chi connectivity index (χ4n) is 4.06. The number of carbonyl (C=O) groups excluding carboxylic acids is 3. The van der Waals surface area contributed by atoms with Crippen molar-refractivity contribution in [1.82, 2.24) is 9.55 Å². The van der Waals surface area contributed by atoms with Gasteiger partial charge in [0.05, 0.1) is 0 Å². The summed E-state index contributed by atoms with van der Waals surface area (Å²) in [5.74, 6) is -0.617. The number of ketones is 1. The predicted octanol–water partition coefficient (Wildman–Crippen LogP) is 5.41. The Morgan fingerprint density at radius 2 is 1.79 bits per heavy atom. The largest absolute Gasteiger partial charge is 0.454 e. The summed E-state index contributed by atoms with van der Waals surface area (Å²) in [6, 6.07) is 12.9. The molecule has 2 aromatic heterocycles. The molecule has 1 aliphatic carbocycles. The Labute approximate surface area is 214 Å². The van der Waals surface area contributed by atoms with Crippen molar-refractivity contribution < 1.29 is 19.1 Å². The second kappa shape index (κ2) is 9.84. The zero-order valence-corrected chi connectivity index (χ0v) is 21.9. The highest BCUT2D eigenvalue weighted by atomic mass is 79.9. The summed E-state index contributed by atoms with van der Waals surface area (Å²) in [4.78, 5) is 41.8. The summed E-state index contributed by atoms with van der Waals surface area (Å²) in [6.45, 7) is 3.55. The molecule has 1 N–H and O–H groups in total. The van der Waals surface area contributed by atoms with Crippen LogP contribution in [0.25, 0.3) is 11.3 Å². The Hall–Kier alpha value is -2.78. The molecule has 0 unspecified atom stereocenters. The molecule has 0 aliphatic heterocycles. The minimum Gasteiger partial charge on any atom is -0.454 e. The molecule has 0 bridgehead atoms. The highest BCUT2D eigenvalue weighted by molar-refractivity contribution is 9.10. The van der Waals surface area contributed by atoms with Crippen LogP contribution in [-0.4, -0.2) is 33.8 Å². The average Bonchev–Trinajstić information content (AvgIpc) is 3.12. The van der Waals surface area contributed by atoms with Crippen molar-refractivity contribution in [2.45, 2.75) is 33.2 Å². The van der Waals surface area contributed by atoms with E-state index in [0.717, 1.165) is 25.9 Å². The zero-order valence-electron chi connectivity index (χ0n) is 18.7. The second-order valence-corrected chi connectivity index (χ2v) is 10.8. The Morgan fingerprint density at radius 3 is 2.47 bits per heavy atom. The fraction of sp³-hybridized carbons (Fsp3) is 0.280. The topological polar surface area (TPSA) is 90.3 Å². The van der Waals surface area contributed by atoms with Crippen LogP contribution in [-0.2, 0) is 27.3 Å². The van der Waals surface area contributed by atoms with Gasteiger partial charge < -0.3 is 14.6 Å². The van der Waals surface area contributed by atoms with Crippen molar-refractivity contribution >= 4 is 55.3 Å². The number of fused-ring (bicyclic) bond motifs is 1. The molecule has 1 amide bonds. The Bertz CT molecular complexity index is 1250. The summed E-state index contributed by atoms with van der Waals surface area (Å²) in [5.41, 5.74) is 2.90. The van der Waals surface area contributed by atoms with Crippen molar-refractivity contribution in [3.05, 3.63) is 68.9 Å². The predicted molar refractivity (Wildman–Crippen MR) is 136 cm³/mol. The Morgan fingerprint density at radius 1 is 1.09 bits per heavy atom. The number of amides is 1. The number of Topliss-reactive ketones (excluding diaryl/α,β-unsaturated/α-hetero) is 1. The number of aromatic nitrogens is 2. The maximum atomic E-state index is 12.8. The van der Waals surface area contributed by atoms with Crippen LogP contribution in [0.1, 0.15) is 36.3 Å². The molecule has 34 heavy (non-hydrogen) atoms. The van der Waals surface area contributed by atoms with Crippen LogP contribution in [0.5, 0.6) is 0 Å². The van der Waals surface area contributed by atoms with Crippen LogP contribution in [0.3, 0.4) is 0 Å². The van der Waals surface area contributed by atoms with E-state index in [-0.39, 0.29) is 17.7 Å². The Kier molecular flexibility index (Phi) is 7.04. The van der Waals surface area contributed by atoms with E-state index >= 15 is 0 Å². The molecule has 7 nitrogen and oxygen atoms in total. The summed E-state index contributed by atoms with van der Waals surface area (Å²) >= 11 is 6.72. The highest BCUT2D eigenvalue weighted by Crippen LogP contribution is 2.38. The maximum absolute atomic E-state index is 12.8. The number of pyridine rings is 1. The van der Waals surface area contributed by atoms with E-state index in [4.69, 9.17) is 4.74 Å². The third kappa shape index (κ3) is 5.64. The standard InChI is InChI=1S/C25H23Br2N3O4/c1-25(2)10-20-18(21(31)11-25)9-19(15-3-5-16(26)6-4-15)30(20)13-24(33)34-14-23(32)29-22-8-7-17(27)12-28-22/h3-9,12H,10-11,13-14H2,1-2H3,(H,28,29,32). The molecule has 3 aromatic rings. The lowest BCUT2D eigenvalue weighted by atomic mass is 9.76. The Balaban J connectivity index is 1.53. The molecule has 4 rings (SSSR count). The first-order valence-corrected chi connectivity index (χ1v) is 12.3. The molecule has 2 heterocycles. The van der Waals surface area contributed by atoms with Gasteiger partial charge in [-0.3, -0.25) is 14.4 Å². The smallest absolute Gasteiger partial charge is 0.326 e. The molecule has 0 fully saturated rings. The van der Waals surface area contributed by atoms with Gasteiger partial charge >= 0.3 is 5.97 Å². The number of nitrogens with zero attached hydrogens (tertiary/aromatic N) is 2. The number of carbonyl (C=O) groups is 3. The van der Waals surface area contributed by atoms with E-state index in [1.165, 1.54) is 0 Å². The van der Waals surface area contributed by atoms with Gasteiger partial charge in [-0.15, -0.1) is 0 Å². The van der Waals surface area contributed by atoms with Gasteiger partial charge in [-0.1, -0.05) is 41.9 Å². The lowest BCUT2D eigenvalue weighted by Gasteiger charge is -2.29. The summed E-state index contributed by atoms with van der Waals surface area (Å²) in [5, 5.41) is 2.59. The van der Waals surface area contributed by atoms with Crippen molar-refractivity contribution in [3.8, 4) is 11.3 Å². The van der Waals surface area contributed by atoms with Gasteiger partial charge in [-0.2, -0.15) is 0 Å². The minimum atomic E-state index is -0.563.